The first-order valence-electron chi connectivity index (χ1n) is 9.66. The Bertz CT molecular complexity index is 929. The number of hydrogen-bond donors (Lipinski definition) is 1. The fourth-order valence-electron chi connectivity index (χ4n) is 3.16. The molecule has 0 aliphatic carbocycles. The Labute approximate surface area is 177 Å². The van der Waals surface area contributed by atoms with Gasteiger partial charge in [0.2, 0.25) is 0 Å². The lowest BCUT2D eigenvalue weighted by Crippen LogP contribution is -2.29. The summed E-state index contributed by atoms with van der Waals surface area (Å²) in [5, 5.41) is 11.1. The smallest absolute Gasteiger partial charge is 0.128 e. The molecule has 152 valence electrons. The normalized spacial score (nSPS) is 13.0. The van der Waals surface area contributed by atoms with Gasteiger partial charge in [-0.05, 0) is 73.7 Å². The van der Waals surface area contributed by atoms with Crippen LogP contribution in [0.2, 0.25) is 5.02 Å². The highest BCUT2D eigenvalue weighted by Crippen LogP contribution is 2.35. The van der Waals surface area contributed by atoms with Crippen molar-refractivity contribution in [2.75, 3.05) is 7.11 Å². The fourth-order valence-corrected chi connectivity index (χ4v) is 3.31. The molecule has 4 nitrogen and oxygen atoms in total. The van der Waals surface area contributed by atoms with Crippen molar-refractivity contribution in [3.63, 3.8) is 0 Å². The highest BCUT2D eigenvalue weighted by Gasteiger charge is 2.16. The van der Waals surface area contributed by atoms with Crippen molar-refractivity contribution in [1.82, 2.24) is 4.98 Å². The summed E-state index contributed by atoms with van der Waals surface area (Å²) in [6.07, 6.45) is 4.07. The second-order valence-corrected chi connectivity index (χ2v) is 7.52. The molecule has 1 aromatic heterocycles. The maximum atomic E-state index is 10.4. The summed E-state index contributed by atoms with van der Waals surface area (Å²) in [7, 11) is 1.64. The molecule has 2 atom stereocenters. The molecule has 3 aromatic rings. The number of rotatable bonds is 8. The van der Waals surface area contributed by atoms with Gasteiger partial charge in [-0.1, -0.05) is 29.8 Å². The molecule has 3 rings (SSSR count). The minimum Gasteiger partial charge on any atom is -0.496 e. The summed E-state index contributed by atoms with van der Waals surface area (Å²) >= 11 is 6.20. The Morgan fingerprint density at radius 2 is 1.90 bits per heavy atom. The second kappa shape index (κ2) is 9.77. The van der Waals surface area contributed by atoms with Gasteiger partial charge in [-0.25, -0.2) is 0 Å². The molecular weight excluding hydrogens is 386 g/mol. The van der Waals surface area contributed by atoms with Crippen LogP contribution < -0.4 is 9.47 Å². The summed E-state index contributed by atoms with van der Waals surface area (Å²) in [6, 6.07) is 15.5. The molecule has 0 fully saturated rings. The first kappa shape index (κ1) is 21.2. The predicted octanol–water partition coefficient (Wildman–Crippen LogP) is 5.48. The number of hydrogen-bond acceptors (Lipinski definition) is 4. The number of aromatic nitrogens is 1. The molecule has 0 aliphatic rings. The highest BCUT2D eigenvalue weighted by molar-refractivity contribution is 6.31. The molecule has 1 heterocycles. The monoisotopic (exact) mass is 411 g/mol. The molecule has 0 saturated heterocycles. The van der Waals surface area contributed by atoms with Crippen molar-refractivity contribution in [1.29, 1.82) is 0 Å². The van der Waals surface area contributed by atoms with Gasteiger partial charge in [0.15, 0.2) is 0 Å². The molecule has 0 unspecified atom stereocenters. The molecule has 0 spiro atoms. The van der Waals surface area contributed by atoms with Crippen LogP contribution >= 0.6 is 11.6 Å². The number of aryl methyl sites for hydroxylation is 2. The molecule has 0 amide bonds. The van der Waals surface area contributed by atoms with Gasteiger partial charge in [0.05, 0.1) is 13.2 Å². The Kier molecular flexibility index (Phi) is 7.13. The van der Waals surface area contributed by atoms with Crippen molar-refractivity contribution >= 4 is 11.6 Å². The largest absolute Gasteiger partial charge is 0.496 e. The van der Waals surface area contributed by atoms with E-state index in [1.54, 1.807) is 13.3 Å². The third-order valence-corrected chi connectivity index (χ3v) is 5.37. The third kappa shape index (κ3) is 5.49. The zero-order valence-electron chi connectivity index (χ0n) is 16.9. The van der Waals surface area contributed by atoms with E-state index in [-0.39, 0.29) is 6.10 Å². The summed E-state index contributed by atoms with van der Waals surface area (Å²) in [4.78, 5) is 4.10. The van der Waals surface area contributed by atoms with E-state index < -0.39 is 6.10 Å². The van der Waals surface area contributed by atoms with Crippen LogP contribution in [0, 0.1) is 6.92 Å². The minimum absolute atomic E-state index is 0.315. The van der Waals surface area contributed by atoms with Crippen molar-refractivity contribution in [3.05, 3.63) is 77.1 Å². The van der Waals surface area contributed by atoms with E-state index in [1.165, 1.54) is 0 Å². The fraction of sp³-hybridized carbons (Fsp3) is 0.292. The van der Waals surface area contributed by atoms with Gasteiger partial charge < -0.3 is 14.6 Å². The van der Waals surface area contributed by atoms with Gasteiger partial charge in [0.1, 0.15) is 17.6 Å². The molecule has 5 heteroatoms. The van der Waals surface area contributed by atoms with E-state index in [0.717, 1.165) is 34.4 Å². The number of halogens is 1. The number of aliphatic hydroxyl groups is 1. The number of aliphatic hydroxyl groups excluding tert-OH is 1. The zero-order valence-corrected chi connectivity index (χ0v) is 17.7. The van der Waals surface area contributed by atoms with Gasteiger partial charge >= 0.3 is 0 Å². The van der Waals surface area contributed by atoms with Gasteiger partial charge in [-0.3, -0.25) is 4.98 Å². The molecule has 29 heavy (non-hydrogen) atoms. The van der Waals surface area contributed by atoms with Gasteiger partial charge in [-0.15, -0.1) is 0 Å². The Hall–Kier alpha value is -2.56. The Morgan fingerprint density at radius 3 is 2.55 bits per heavy atom. The van der Waals surface area contributed by atoms with Gasteiger partial charge in [0, 0.05) is 23.0 Å². The van der Waals surface area contributed by atoms with Crippen LogP contribution in [0.25, 0.3) is 11.1 Å². The van der Waals surface area contributed by atoms with Crippen molar-refractivity contribution in [3.8, 4) is 22.6 Å². The first-order valence-corrected chi connectivity index (χ1v) is 10.0. The Morgan fingerprint density at radius 1 is 1.14 bits per heavy atom. The molecule has 2 aromatic carbocycles. The standard InChI is InChI=1S/C24H26ClNO3/c1-16-13-21(24(28-3)14-22(16)25)19-7-9-20(10-8-19)29-17(2)23(27)11-6-18-5-4-12-26-15-18/h4-5,7-10,12-15,17,23,27H,6,11H2,1-3H3/t17-,23+/m0/s1. The molecule has 1 N–H and O–H groups in total. The quantitative estimate of drug-likeness (QED) is 0.533. The van der Waals surface area contributed by atoms with Crippen LogP contribution in [0.15, 0.2) is 60.9 Å². The SMILES string of the molecule is COc1cc(Cl)c(C)cc1-c1ccc(O[C@@H](C)[C@H](O)CCc2cccnc2)cc1. The molecule has 0 bridgehead atoms. The van der Waals surface area contributed by atoms with Crippen molar-refractivity contribution in [2.24, 2.45) is 0 Å². The number of pyridine rings is 1. The number of ether oxygens (including phenoxy) is 2. The summed E-state index contributed by atoms with van der Waals surface area (Å²) < 4.78 is 11.4. The van der Waals surface area contributed by atoms with Crippen LogP contribution in [0.1, 0.15) is 24.5 Å². The average Bonchev–Trinajstić information content (AvgIpc) is 2.75. The summed E-state index contributed by atoms with van der Waals surface area (Å²) in [5.41, 5.74) is 4.09. The van der Waals surface area contributed by atoms with Crippen molar-refractivity contribution in [2.45, 2.75) is 38.9 Å². The maximum absolute atomic E-state index is 10.4. The highest BCUT2D eigenvalue weighted by atomic mass is 35.5. The van der Waals surface area contributed by atoms with E-state index in [1.807, 2.05) is 68.6 Å². The topological polar surface area (TPSA) is 51.6 Å². The van der Waals surface area contributed by atoms with Crippen LogP contribution in [-0.2, 0) is 6.42 Å². The van der Waals surface area contributed by atoms with E-state index in [9.17, 15) is 5.11 Å². The predicted molar refractivity (Wildman–Crippen MR) is 117 cm³/mol. The molecule has 0 aliphatic heterocycles. The van der Waals surface area contributed by atoms with E-state index in [0.29, 0.717) is 17.2 Å². The number of nitrogens with zero attached hydrogens (tertiary/aromatic N) is 1. The second-order valence-electron chi connectivity index (χ2n) is 7.12. The molecule has 0 saturated carbocycles. The van der Waals surface area contributed by atoms with Gasteiger partial charge in [-0.2, -0.15) is 0 Å². The lowest BCUT2D eigenvalue weighted by molar-refractivity contribution is 0.0420. The van der Waals surface area contributed by atoms with Crippen molar-refractivity contribution < 1.29 is 14.6 Å². The molecular formula is C24H26ClNO3. The Balaban J connectivity index is 1.64. The van der Waals surface area contributed by atoms with Gasteiger partial charge in [0.25, 0.3) is 0 Å². The van der Waals surface area contributed by atoms with Crippen LogP contribution in [0.4, 0.5) is 0 Å². The summed E-state index contributed by atoms with van der Waals surface area (Å²) in [5.74, 6) is 1.44. The molecule has 0 radical (unpaired) electrons. The van der Waals surface area contributed by atoms with Crippen LogP contribution in [-0.4, -0.2) is 29.4 Å². The lowest BCUT2D eigenvalue weighted by atomic mass is 10.0. The maximum Gasteiger partial charge on any atom is 0.128 e. The van der Waals surface area contributed by atoms with Crippen LogP contribution in [0.3, 0.4) is 0 Å². The van der Waals surface area contributed by atoms with E-state index >= 15 is 0 Å². The van der Waals surface area contributed by atoms with E-state index in [4.69, 9.17) is 21.1 Å². The lowest BCUT2D eigenvalue weighted by Gasteiger charge is -2.21. The van der Waals surface area contributed by atoms with Crippen LogP contribution in [0.5, 0.6) is 11.5 Å². The van der Waals surface area contributed by atoms with E-state index in [2.05, 4.69) is 4.98 Å². The first-order chi connectivity index (χ1) is 14.0. The average molecular weight is 412 g/mol. The minimum atomic E-state index is -0.561. The zero-order chi connectivity index (χ0) is 20.8. The number of benzene rings is 2. The number of methoxy groups -OCH3 is 1. The third-order valence-electron chi connectivity index (χ3n) is 4.96. The summed E-state index contributed by atoms with van der Waals surface area (Å²) in [6.45, 7) is 3.85.